The minimum atomic E-state index is -0.926. The van der Waals surface area contributed by atoms with Gasteiger partial charge in [-0.05, 0) is 69.3 Å². The van der Waals surface area contributed by atoms with Gasteiger partial charge in [-0.3, -0.25) is 9.59 Å². The molecule has 0 amide bonds. The first-order valence-electron chi connectivity index (χ1n) is 13.5. The zero-order chi connectivity index (χ0) is 27.8. The molecule has 0 saturated heterocycles. The predicted molar refractivity (Wildman–Crippen MR) is 147 cm³/mol. The predicted octanol–water partition coefficient (Wildman–Crippen LogP) is 7.16. The first-order valence-corrected chi connectivity index (χ1v) is 13.5. The zero-order valence-electron chi connectivity index (χ0n) is 23.8. The molecule has 3 saturated carbocycles. The maximum absolute atomic E-state index is 13.5. The fourth-order valence-electron chi connectivity index (χ4n) is 7.87. The number of rotatable bonds is 6. The second-order valence-electron chi connectivity index (χ2n) is 12.5. The Bertz CT molecular complexity index is 1110. The van der Waals surface area contributed by atoms with E-state index in [1.54, 1.807) is 19.1 Å². The van der Waals surface area contributed by atoms with Gasteiger partial charge in [0, 0.05) is 35.3 Å². The highest BCUT2D eigenvalue weighted by atomic mass is 16.5. The third-order valence-electron chi connectivity index (χ3n) is 9.68. The normalized spacial score (nSPS) is 35.5. The van der Waals surface area contributed by atoms with E-state index in [0.29, 0.717) is 12.3 Å². The summed E-state index contributed by atoms with van der Waals surface area (Å²) < 4.78 is 5.76. The van der Waals surface area contributed by atoms with Crippen molar-refractivity contribution in [3.8, 4) is 0 Å². The molecule has 0 heterocycles. The molecule has 3 aliphatic rings. The highest BCUT2D eigenvalue weighted by Gasteiger charge is 2.65. The molecule has 0 unspecified atom stereocenters. The van der Waals surface area contributed by atoms with Crippen molar-refractivity contribution in [2.45, 2.75) is 93.6 Å². The van der Waals surface area contributed by atoms with E-state index in [0.717, 1.165) is 42.4 Å². The summed E-state index contributed by atoms with van der Waals surface area (Å²) in [5, 5.41) is 8.95. The quantitative estimate of drug-likeness (QED) is 0.234. The van der Waals surface area contributed by atoms with E-state index in [-0.39, 0.29) is 45.6 Å². The number of carboxylic acids is 1. The molecule has 0 aromatic carbocycles. The summed E-state index contributed by atoms with van der Waals surface area (Å²) in [5.41, 5.74) is 3.03. The third kappa shape index (κ3) is 5.46. The molecule has 202 valence electrons. The smallest absolute Gasteiger partial charge is 0.331 e. The lowest BCUT2D eigenvalue weighted by atomic mass is 9.43. The Balaban J connectivity index is 1.85. The fraction of sp³-hybridized carbons (Fsp3) is 0.594. The topological polar surface area (TPSA) is 80.7 Å². The number of aliphatic carboxylic acids is 1. The first kappa shape index (κ1) is 28.9. The van der Waals surface area contributed by atoms with E-state index in [1.807, 2.05) is 38.2 Å². The van der Waals surface area contributed by atoms with Crippen molar-refractivity contribution in [2.75, 3.05) is 0 Å². The second kappa shape index (κ2) is 10.6. The lowest BCUT2D eigenvalue weighted by Crippen LogP contribution is -2.58. The number of Topliss-reactive ketones (excluding diaryl/α,β-unsaturated/α-hetero) is 1. The second-order valence-corrected chi connectivity index (χ2v) is 12.5. The fourth-order valence-corrected chi connectivity index (χ4v) is 7.87. The van der Waals surface area contributed by atoms with Crippen LogP contribution in [0.4, 0.5) is 0 Å². The van der Waals surface area contributed by atoms with Crippen LogP contribution in [0.1, 0.15) is 87.5 Å². The van der Waals surface area contributed by atoms with Crippen LogP contribution in [-0.2, 0) is 19.1 Å². The zero-order valence-corrected chi connectivity index (χ0v) is 23.8. The molecule has 5 atom stereocenters. The van der Waals surface area contributed by atoms with Crippen LogP contribution in [0.3, 0.4) is 0 Å². The summed E-state index contributed by atoms with van der Waals surface area (Å²) in [6.45, 7) is 16.2. The van der Waals surface area contributed by atoms with Crippen LogP contribution in [0.2, 0.25) is 0 Å². The molecule has 3 fully saturated rings. The molecule has 0 spiro atoms. The van der Waals surface area contributed by atoms with Gasteiger partial charge in [-0.25, -0.2) is 4.79 Å². The standard InChI is InChI=1S/C32H44O5/c1-20(12-10-14-22(3)29(35)36)11-9-13-21(2)28-24(34)19-26-31(7)18-16-27(37-23(4)33)30(5,6)25(31)15-17-32(26,28)8/h9-14,25-27H,15-19H2,1-8H3,(H,35,36)/b12-10+,13-9+,20-11+,22-14-,28-21+/t25-,26+,27+,31+,32+/m1/s1. The van der Waals surface area contributed by atoms with E-state index in [2.05, 4.69) is 27.7 Å². The number of fused-ring (bicyclic) bond motifs is 3. The summed E-state index contributed by atoms with van der Waals surface area (Å²) >= 11 is 0. The van der Waals surface area contributed by atoms with Crippen LogP contribution in [0.15, 0.2) is 58.7 Å². The molecule has 0 bridgehead atoms. The number of hydrogen-bond donors (Lipinski definition) is 1. The van der Waals surface area contributed by atoms with Crippen molar-refractivity contribution in [3.05, 3.63) is 58.7 Å². The van der Waals surface area contributed by atoms with Crippen LogP contribution in [-0.4, -0.2) is 28.9 Å². The molecule has 5 heteroatoms. The average Bonchev–Trinajstić information content (AvgIpc) is 3.06. The monoisotopic (exact) mass is 508 g/mol. The Morgan fingerprint density at radius 2 is 1.57 bits per heavy atom. The van der Waals surface area contributed by atoms with E-state index >= 15 is 0 Å². The highest BCUT2D eigenvalue weighted by molar-refractivity contribution is 6.00. The van der Waals surface area contributed by atoms with Gasteiger partial charge in [0.2, 0.25) is 0 Å². The van der Waals surface area contributed by atoms with Gasteiger partial charge >= 0.3 is 11.9 Å². The summed E-state index contributed by atoms with van der Waals surface area (Å²) in [6.07, 6.45) is 15.5. The number of hydrogen-bond acceptors (Lipinski definition) is 4. The number of carbonyl (C=O) groups is 3. The van der Waals surface area contributed by atoms with Crippen molar-refractivity contribution in [1.82, 2.24) is 0 Å². The van der Waals surface area contributed by atoms with Crippen molar-refractivity contribution < 1.29 is 24.2 Å². The number of ketones is 1. The first-order chi connectivity index (χ1) is 17.1. The Morgan fingerprint density at radius 1 is 0.919 bits per heavy atom. The van der Waals surface area contributed by atoms with E-state index in [9.17, 15) is 14.4 Å². The highest BCUT2D eigenvalue weighted by Crippen LogP contribution is 2.69. The van der Waals surface area contributed by atoms with Crippen LogP contribution in [0.25, 0.3) is 0 Å². The van der Waals surface area contributed by atoms with Crippen LogP contribution in [0, 0.1) is 28.1 Å². The SMILES string of the molecule is CC(=O)O[C@H]1CC[C@@]2(C)[C@H](CC[C@]3(C)/C(=C(C)/C=C/C=C(C)/C=C/C=C(/C)C(=O)O)C(=O)C[C@@H]23)C1(C)C. The Morgan fingerprint density at radius 3 is 2.19 bits per heavy atom. The Hall–Kier alpha value is -2.69. The molecule has 0 aromatic heterocycles. The van der Waals surface area contributed by atoms with E-state index in [1.165, 1.54) is 6.92 Å². The summed E-state index contributed by atoms with van der Waals surface area (Å²) in [7, 11) is 0. The molecule has 37 heavy (non-hydrogen) atoms. The maximum atomic E-state index is 13.5. The van der Waals surface area contributed by atoms with Crippen LogP contribution < -0.4 is 0 Å². The molecule has 0 aromatic rings. The molecule has 0 radical (unpaired) electrons. The van der Waals surface area contributed by atoms with Gasteiger partial charge in [-0.1, -0.05) is 69.7 Å². The summed E-state index contributed by atoms with van der Waals surface area (Å²) in [6, 6.07) is 0. The number of esters is 1. The lowest BCUT2D eigenvalue weighted by molar-refractivity contribution is -0.185. The molecule has 5 nitrogen and oxygen atoms in total. The van der Waals surface area contributed by atoms with Gasteiger partial charge < -0.3 is 9.84 Å². The molecule has 1 N–H and O–H groups in total. The number of allylic oxidation sites excluding steroid dienone is 9. The van der Waals surface area contributed by atoms with Crippen molar-refractivity contribution in [1.29, 1.82) is 0 Å². The van der Waals surface area contributed by atoms with Gasteiger partial charge in [0.05, 0.1) is 0 Å². The number of ether oxygens (including phenoxy) is 1. The molecular formula is C32H44O5. The number of carboxylic acid groups (broad SMARTS) is 1. The Kier molecular flexibility index (Phi) is 8.26. The molecule has 3 aliphatic carbocycles. The lowest BCUT2D eigenvalue weighted by Gasteiger charge is -2.62. The van der Waals surface area contributed by atoms with Crippen molar-refractivity contribution in [3.63, 3.8) is 0 Å². The maximum Gasteiger partial charge on any atom is 0.331 e. The minimum absolute atomic E-state index is 0.0252. The Labute approximate surface area is 222 Å². The minimum Gasteiger partial charge on any atom is -0.478 e. The van der Waals surface area contributed by atoms with Gasteiger partial charge in [-0.2, -0.15) is 0 Å². The van der Waals surface area contributed by atoms with E-state index in [4.69, 9.17) is 9.84 Å². The van der Waals surface area contributed by atoms with Gasteiger partial charge in [0.15, 0.2) is 5.78 Å². The van der Waals surface area contributed by atoms with Gasteiger partial charge in [0.1, 0.15) is 6.10 Å². The third-order valence-corrected chi connectivity index (χ3v) is 9.68. The molecule has 0 aliphatic heterocycles. The number of carbonyl (C=O) groups excluding carboxylic acids is 2. The van der Waals surface area contributed by atoms with Crippen LogP contribution in [0.5, 0.6) is 0 Å². The van der Waals surface area contributed by atoms with Gasteiger partial charge in [-0.15, -0.1) is 0 Å². The average molecular weight is 509 g/mol. The van der Waals surface area contributed by atoms with Crippen molar-refractivity contribution >= 4 is 17.7 Å². The molecular weight excluding hydrogens is 464 g/mol. The molecule has 3 rings (SSSR count). The van der Waals surface area contributed by atoms with Crippen molar-refractivity contribution in [2.24, 2.45) is 28.1 Å². The largest absolute Gasteiger partial charge is 0.478 e. The van der Waals surface area contributed by atoms with E-state index < -0.39 is 5.97 Å². The summed E-state index contributed by atoms with van der Waals surface area (Å²) in [5.74, 6) is -0.184. The van der Waals surface area contributed by atoms with Crippen LogP contribution >= 0.6 is 0 Å². The summed E-state index contributed by atoms with van der Waals surface area (Å²) in [4.78, 5) is 36.1. The van der Waals surface area contributed by atoms with Gasteiger partial charge in [0.25, 0.3) is 0 Å².